The summed E-state index contributed by atoms with van der Waals surface area (Å²) in [7, 11) is 0. The molecule has 7 nitrogen and oxygen atoms in total. The number of hydrogen-bond donors (Lipinski definition) is 3. The van der Waals surface area contributed by atoms with Gasteiger partial charge in [0.25, 0.3) is 5.91 Å². The minimum absolute atomic E-state index is 0.0290. The predicted octanol–water partition coefficient (Wildman–Crippen LogP) is 1.87. The number of nitrogens with one attached hydrogen (secondary N) is 3. The summed E-state index contributed by atoms with van der Waals surface area (Å²) in [6.07, 6.45) is 2.17. The van der Waals surface area contributed by atoms with E-state index < -0.39 is 31.2 Å². The zero-order valence-electron chi connectivity index (χ0n) is 15.6. The van der Waals surface area contributed by atoms with Crippen molar-refractivity contribution in [1.29, 1.82) is 0 Å². The maximum absolute atomic E-state index is 12.2. The monoisotopic (exact) mass is 405 g/mol. The van der Waals surface area contributed by atoms with Gasteiger partial charge in [-0.2, -0.15) is 13.2 Å². The third-order valence-electron chi connectivity index (χ3n) is 5.88. The standard InChI is InChI=1S/C18H26F3N3O4/c19-18(20,21)10-23-14(25)9-28-15(26)1-2-22-16(27)24-17-6-11-3-12(7-17)5-13(4-11)8-17/h11-13H,1-10H2,(H,23,25)(H2,22,24,27). The Morgan fingerprint density at radius 1 is 0.964 bits per heavy atom. The minimum atomic E-state index is -4.52. The van der Waals surface area contributed by atoms with Crippen LogP contribution >= 0.6 is 0 Å². The topological polar surface area (TPSA) is 96.5 Å². The number of alkyl halides is 3. The van der Waals surface area contributed by atoms with E-state index in [-0.39, 0.29) is 24.5 Å². The van der Waals surface area contributed by atoms with Crippen molar-refractivity contribution in [2.45, 2.75) is 56.7 Å². The molecule has 10 heteroatoms. The highest BCUT2D eigenvalue weighted by Crippen LogP contribution is 2.55. The maximum Gasteiger partial charge on any atom is 0.405 e. The summed E-state index contributed by atoms with van der Waals surface area (Å²) in [6.45, 7) is -2.23. The summed E-state index contributed by atoms with van der Waals surface area (Å²) in [5.41, 5.74) is -0.129. The van der Waals surface area contributed by atoms with Gasteiger partial charge in [-0.1, -0.05) is 0 Å². The first kappa shape index (κ1) is 20.7. The summed E-state index contributed by atoms with van der Waals surface area (Å²) in [4.78, 5) is 34.9. The molecule has 0 aliphatic heterocycles. The number of carbonyl (C=O) groups excluding carboxylic acids is 3. The van der Waals surface area contributed by atoms with E-state index in [1.807, 2.05) is 0 Å². The average molecular weight is 405 g/mol. The summed E-state index contributed by atoms with van der Waals surface area (Å²) in [5, 5.41) is 7.33. The van der Waals surface area contributed by atoms with Crippen molar-refractivity contribution in [3.8, 4) is 0 Å². The van der Waals surface area contributed by atoms with Crippen LogP contribution in [0.25, 0.3) is 0 Å². The van der Waals surface area contributed by atoms with E-state index in [9.17, 15) is 27.6 Å². The molecule has 4 saturated carbocycles. The number of ether oxygens (including phenoxy) is 1. The molecule has 0 saturated heterocycles. The Balaban J connectivity index is 1.30. The molecule has 4 fully saturated rings. The molecule has 3 amide bonds. The normalized spacial score (nSPS) is 30.6. The molecule has 0 aromatic heterocycles. The second-order valence-electron chi connectivity index (χ2n) is 8.38. The molecule has 4 aliphatic rings. The molecule has 4 bridgehead atoms. The lowest BCUT2D eigenvalue weighted by molar-refractivity contribution is -0.151. The molecular formula is C18H26F3N3O4. The summed E-state index contributed by atoms with van der Waals surface area (Å²) >= 11 is 0. The van der Waals surface area contributed by atoms with Crippen molar-refractivity contribution < 1.29 is 32.3 Å². The average Bonchev–Trinajstić information content (AvgIpc) is 2.55. The van der Waals surface area contributed by atoms with Crippen LogP contribution in [0.15, 0.2) is 0 Å². The largest absolute Gasteiger partial charge is 0.456 e. The van der Waals surface area contributed by atoms with Gasteiger partial charge in [0.15, 0.2) is 6.61 Å². The Labute approximate surface area is 161 Å². The zero-order chi connectivity index (χ0) is 20.4. The van der Waals surface area contributed by atoms with Crippen LogP contribution in [0.2, 0.25) is 0 Å². The van der Waals surface area contributed by atoms with Gasteiger partial charge in [0.05, 0.1) is 6.42 Å². The number of halogens is 3. The molecule has 0 heterocycles. The number of rotatable bonds is 7. The molecule has 0 aromatic carbocycles. The van der Waals surface area contributed by atoms with Gasteiger partial charge in [0.2, 0.25) is 0 Å². The minimum Gasteiger partial charge on any atom is -0.456 e. The van der Waals surface area contributed by atoms with Crippen LogP contribution < -0.4 is 16.0 Å². The first-order valence-corrected chi connectivity index (χ1v) is 9.67. The third-order valence-corrected chi connectivity index (χ3v) is 5.88. The van der Waals surface area contributed by atoms with Gasteiger partial charge in [0, 0.05) is 12.1 Å². The summed E-state index contributed by atoms with van der Waals surface area (Å²) in [6, 6.07) is -0.322. The van der Waals surface area contributed by atoms with Gasteiger partial charge in [-0.05, 0) is 56.3 Å². The van der Waals surface area contributed by atoms with Crippen LogP contribution in [-0.2, 0) is 14.3 Å². The van der Waals surface area contributed by atoms with E-state index in [1.165, 1.54) is 19.3 Å². The highest BCUT2D eigenvalue weighted by molar-refractivity contribution is 5.81. The Morgan fingerprint density at radius 3 is 2.07 bits per heavy atom. The van der Waals surface area contributed by atoms with Crippen molar-refractivity contribution in [3.63, 3.8) is 0 Å². The smallest absolute Gasteiger partial charge is 0.405 e. The van der Waals surface area contributed by atoms with Gasteiger partial charge in [-0.3, -0.25) is 9.59 Å². The fourth-order valence-corrected chi connectivity index (χ4v) is 5.29. The number of esters is 1. The molecular weight excluding hydrogens is 379 g/mol. The first-order valence-electron chi connectivity index (χ1n) is 9.67. The van der Waals surface area contributed by atoms with Crippen LogP contribution in [0, 0.1) is 17.8 Å². The van der Waals surface area contributed by atoms with Crippen LogP contribution in [0.3, 0.4) is 0 Å². The molecule has 158 valence electrons. The number of carbonyl (C=O) groups is 3. The molecule has 4 rings (SSSR count). The van der Waals surface area contributed by atoms with E-state index in [0.717, 1.165) is 19.3 Å². The quantitative estimate of drug-likeness (QED) is 0.564. The molecule has 4 aliphatic carbocycles. The second-order valence-corrected chi connectivity index (χ2v) is 8.38. The van der Waals surface area contributed by atoms with E-state index in [4.69, 9.17) is 0 Å². The van der Waals surface area contributed by atoms with Gasteiger partial charge < -0.3 is 20.7 Å². The lowest BCUT2D eigenvalue weighted by Crippen LogP contribution is -2.61. The van der Waals surface area contributed by atoms with Crippen molar-refractivity contribution >= 4 is 17.9 Å². The number of urea groups is 1. The van der Waals surface area contributed by atoms with Gasteiger partial charge in [0.1, 0.15) is 6.54 Å². The Morgan fingerprint density at radius 2 is 1.54 bits per heavy atom. The Bertz CT molecular complexity index is 588. The number of hydrogen-bond acceptors (Lipinski definition) is 4. The van der Waals surface area contributed by atoms with E-state index >= 15 is 0 Å². The molecule has 0 spiro atoms. The Kier molecular flexibility index (Phi) is 6.04. The third kappa shape index (κ3) is 5.75. The molecule has 0 aromatic rings. The zero-order valence-corrected chi connectivity index (χ0v) is 15.6. The molecule has 0 atom stereocenters. The van der Waals surface area contributed by atoms with E-state index in [1.54, 1.807) is 5.32 Å². The van der Waals surface area contributed by atoms with Crippen LogP contribution in [0.1, 0.15) is 44.9 Å². The predicted molar refractivity (Wildman–Crippen MR) is 92.1 cm³/mol. The summed E-state index contributed by atoms with van der Waals surface area (Å²) < 4.78 is 40.5. The van der Waals surface area contributed by atoms with Crippen molar-refractivity contribution in [2.24, 2.45) is 17.8 Å². The van der Waals surface area contributed by atoms with Crippen molar-refractivity contribution in [3.05, 3.63) is 0 Å². The van der Waals surface area contributed by atoms with Crippen LogP contribution in [-0.4, -0.2) is 49.3 Å². The van der Waals surface area contributed by atoms with Crippen LogP contribution in [0.4, 0.5) is 18.0 Å². The fraction of sp³-hybridized carbons (Fsp3) is 0.833. The Hall–Kier alpha value is -2.00. The number of amides is 3. The lowest BCUT2D eigenvalue weighted by Gasteiger charge is -2.56. The van der Waals surface area contributed by atoms with Crippen LogP contribution in [0.5, 0.6) is 0 Å². The van der Waals surface area contributed by atoms with Crippen molar-refractivity contribution in [2.75, 3.05) is 19.7 Å². The molecule has 0 radical (unpaired) electrons. The van der Waals surface area contributed by atoms with Gasteiger partial charge in [-0.25, -0.2) is 4.79 Å². The van der Waals surface area contributed by atoms with Gasteiger partial charge >= 0.3 is 18.2 Å². The molecule has 3 N–H and O–H groups in total. The van der Waals surface area contributed by atoms with E-state index in [2.05, 4.69) is 15.4 Å². The second kappa shape index (κ2) is 8.16. The van der Waals surface area contributed by atoms with Crippen molar-refractivity contribution in [1.82, 2.24) is 16.0 Å². The summed E-state index contributed by atoms with van der Waals surface area (Å²) in [5.74, 6) is 0.301. The lowest BCUT2D eigenvalue weighted by atomic mass is 9.53. The van der Waals surface area contributed by atoms with E-state index in [0.29, 0.717) is 17.8 Å². The highest BCUT2D eigenvalue weighted by Gasteiger charge is 2.51. The highest BCUT2D eigenvalue weighted by atomic mass is 19.4. The molecule has 28 heavy (non-hydrogen) atoms. The van der Waals surface area contributed by atoms with Gasteiger partial charge in [-0.15, -0.1) is 0 Å². The maximum atomic E-state index is 12.2. The SMILES string of the molecule is O=C(COC(=O)CCNC(=O)NC12CC3CC(CC(C3)C1)C2)NCC(F)(F)F. The fourth-order valence-electron chi connectivity index (χ4n) is 5.29. The first-order chi connectivity index (χ1) is 13.1. The molecule has 0 unspecified atom stereocenters.